The number of carbonyl (C=O) groups excluding carboxylic acids is 1. The molecule has 26 heavy (non-hydrogen) atoms. The molecule has 0 saturated carbocycles. The minimum atomic E-state index is -0.226. The van der Waals surface area contributed by atoms with Crippen LogP contribution in [0.2, 0.25) is 0 Å². The van der Waals surface area contributed by atoms with E-state index in [0.29, 0.717) is 6.54 Å². The van der Waals surface area contributed by atoms with Gasteiger partial charge in [0.2, 0.25) is 0 Å². The smallest absolute Gasteiger partial charge is 0.256 e. The van der Waals surface area contributed by atoms with Crippen molar-refractivity contribution in [3.05, 3.63) is 66.1 Å². The van der Waals surface area contributed by atoms with Gasteiger partial charge in [-0.15, -0.1) is 0 Å². The van der Waals surface area contributed by atoms with Gasteiger partial charge in [0.25, 0.3) is 5.91 Å². The number of halogens is 1. The van der Waals surface area contributed by atoms with Crippen LogP contribution < -0.4 is 4.90 Å². The van der Waals surface area contributed by atoms with Gasteiger partial charge in [0.15, 0.2) is 0 Å². The number of anilines is 1. The zero-order chi connectivity index (χ0) is 18.1. The third-order valence-corrected chi connectivity index (χ3v) is 5.10. The molecule has 1 saturated heterocycles. The maximum atomic E-state index is 13.1. The summed E-state index contributed by atoms with van der Waals surface area (Å²) in [5, 5.41) is 1.000. The molecule has 0 atom stereocenters. The van der Waals surface area contributed by atoms with Gasteiger partial charge >= 0.3 is 0 Å². The number of hydrogen-bond donors (Lipinski definition) is 0. The molecule has 4 nitrogen and oxygen atoms in total. The second kappa shape index (κ2) is 6.83. The molecule has 0 bridgehead atoms. The van der Waals surface area contributed by atoms with Crippen LogP contribution in [-0.2, 0) is 7.05 Å². The quantitative estimate of drug-likeness (QED) is 0.705. The third kappa shape index (κ3) is 3.05. The summed E-state index contributed by atoms with van der Waals surface area (Å²) in [6, 6.07) is 14.6. The Kier molecular flexibility index (Phi) is 4.37. The minimum Gasteiger partial charge on any atom is -0.370 e. The van der Waals surface area contributed by atoms with Gasteiger partial charge in [0.1, 0.15) is 5.82 Å². The van der Waals surface area contributed by atoms with E-state index >= 15 is 0 Å². The molecule has 0 radical (unpaired) electrons. The number of aryl methyl sites for hydroxylation is 1. The lowest BCUT2D eigenvalue weighted by atomic mass is 10.1. The van der Waals surface area contributed by atoms with Gasteiger partial charge in [-0.2, -0.15) is 0 Å². The normalized spacial score (nSPS) is 15.3. The van der Waals surface area contributed by atoms with Crippen molar-refractivity contribution in [3.8, 4) is 0 Å². The molecule has 5 heteroatoms. The molecule has 1 aliphatic heterocycles. The Labute approximate surface area is 152 Å². The summed E-state index contributed by atoms with van der Waals surface area (Å²) in [6.07, 6.45) is 2.82. The van der Waals surface area contributed by atoms with Crippen molar-refractivity contribution >= 4 is 22.5 Å². The molecular formula is C21H22FN3O. The van der Waals surface area contributed by atoms with Gasteiger partial charge in [-0.05, 0) is 36.8 Å². The van der Waals surface area contributed by atoms with Gasteiger partial charge in [-0.1, -0.05) is 18.2 Å². The van der Waals surface area contributed by atoms with Crippen LogP contribution in [0.4, 0.5) is 10.1 Å². The van der Waals surface area contributed by atoms with E-state index in [1.165, 1.54) is 12.1 Å². The molecule has 1 aliphatic rings. The van der Waals surface area contributed by atoms with Gasteiger partial charge in [0.05, 0.1) is 5.56 Å². The van der Waals surface area contributed by atoms with Crippen LogP contribution in [0.1, 0.15) is 16.8 Å². The van der Waals surface area contributed by atoms with E-state index in [9.17, 15) is 9.18 Å². The van der Waals surface area contributed by atoms with Crippen LogP contribution in [0.3, 0.4) is 0 Å². The molecular weight excluding hydrogens is 329 g/mol. The number of nitrogens with zero attached hydrogens (tertiary/aromatic N) is 3. The van der Waals surface area contributed by atoms with Crippen molar-refractivity contribution in [1.82, 2.24) is 9.47 Å². The summed E-state index contributed by atoms with van der Waals surface area (Å²) >= 11 is 0. The van der Waals surface area contributed by atoms with Crippen LogP contribution in [0.25, 0.3) is 10.9 Å². The van der Waals surface area contributed by atoms with E-state index in [0.717, 1.165) is 48.2 Å². The molecule has 0 aliphatic carbocycles. The Bertz CT molecular complexity index is 932. The number of hydrogen-bond acceptors (Lipinski definition) is 2. The molecule has 2 aromatic carbocycles. The zero-order valence-corrected chi connectivity index (χ0v) is 14.9. The standard InChI is InChI=1S/C21H22FN3O/c1-23-15-19(18-5-2-3-6-20(18)23)21(26)25-12-4-11-24(13-14-25)17-9-7-16(22)8-10-17/h2-3,5-10,15H,4,11-14H2,1H3. The van der Waals surface area contributed by atoms with Crippen molar-refractivity contribution in [2.45, 2.75) is 6.42 Å². The topological polar surface area (TPSA) is 28.5 Å². The molecule has 2 heterocycles. The Morgan fingerprint density at radius 2 is 1.73 bits per heavy atom. The number of para-hydroxylation sites is 1. The van der Waals surface area contributed by atoms with Crippen LogP contribution in [0.15, 0.2) is 54.7 Å². The van der Waals surface area contributed by atoms with E-state index in [4.69, 9.17) is 0 Å². The Morgan fingerprint density at radius 3 is 2.54 bits per heavy atom. The van der Waals surface area contributed by atoms with E-state index in [2.05, 4.69) is 4.90 Å². The summed E-state index contributed by atoms with van der Waals surface area (Å²) in [5.41, 5.74) is 2.84. The predicted octanol–water partition coefficient (Wildman–Crippen LogP) is 3.67. The fraction of sp³-hybridized carbons (Fsp3) is 0.286. The van der Waals surface area contributed by atoms with Crippen molar-refractivity contribution < 1.29 is 9.18 Å². The summed E-state index contributed by atoms with van der Waals surface area (Å²) in [5.74, 6) is -0.140. The highest BCUT2D eigenvalue weighted by molar-refractivity contribution is 6.07. The van der Waals surface area contributed by atoms with E-state index in [1.54, 1.807) is 12.1 Å². The number of carbonyl (C=O) groups is 1. The van der Waals surface area contributed by atoms with Crippen LogP contribution in [0.5, 0.6) is 0 Å². The van der Waals surface area contributed by atoms with Gasteiger partial charge in [-0.3, -0.25) is 4.79 Å². The maximum absolute atomic E-state index is 13.1. The third-order valence-electron chi connectivity index (χ3n) is 5.10. The highest BCUT2D eigenvalue weighted by Crippen LogP contribution is 2.23. The fourth-order valence-corrected chi connectivity index (χ4v) is 3.71. The summed E-state index contributed by atoms with van der Waals surface area (Å²) in [4.78, 5) is 17.3. The first-order valence-electron chi connectivity index (χ1n) is 8.97. The highest BCUT2D eigenvalue weighted by Gasteiger charge is 2.23. The largest absolute Gasteiger partial charge is 0.370 e. The lowest BCUT2D eigenvalue weighted by molar-refractivity contribution is 0.0769. The lowest BCUT2D eigenvalue weighted by Crippen LogP contribution is -2.35. The molecule has 0 unspecified atom stereocenters. The van der Waals surface area contributed by atoms with Crippen molar-refractivity contribution in [3.63, 3.8) is 0 Å². The summed E-state index contributed by atoms with van der Waals surface area (Å²) < 4.78 is 15.2. The first-order chi connectivity index (χ1) is 12.6. The Hall–Kier alpha value is -2.82. The first-order valence-corrected chi connectivity index (χ1v) is 8.97. The van der Waals surface area contributed by atoms with Crippen LogP contribution >= 0.6 is 0 Å². The molecule has 1 aromatic heterocycles. The van der Waals surface area contributed by atoms with Gasteiger partial charge in [-0.25, -0.2) is 4.39 Å². The average Bonchev–Trinajstić information content (AvgIpc) is 2.84. The summed E-state index contributed by atoms with van der Waals surface area (Å²) in [6.45, 7) is 3.02. The summed E-state index contributed by atoms with van der Waals surface area (Å²) in [7, 11) is 1.97. The maximum Gasteiger partial charge on any atom is 0.256 e. The SMILES string of the molecule is Cn1cc(C(=O)N2CCCN(c3ccc(F)cc3)CC2)c2ccccc21. The van der Waals surface area contributed by atoms with Gasteiger partial charge < -0.3 is 14.4 Å². The second-order valence-corrected chi connectivity index (χ2v) is 6.78. The monoisotopic (exact) mass is 351 g/mol. The molecule has 0 N–H and O–H groups in total. The number of rotatable bonds is 2. The average molecular weight is 351 g/mol. The predicted molar refractivity (Wildman–Crippen MR) is 102 cm³/mol. The number of benzene rings is 2. The first kappa shape index (κ1) is 16.6. The van der Waals surface area contributed by atoms with Gasteiger partial charge in [0, 0.05) is 56.0 Å². The number of amides is 1. The Morgan fingerprint density at radius 1 is 0.962 bits per heavy atom. The molecule has 0 spiro atoms. The molecule has 134 valence electrons. The van der Waals surface area contributed by atoms with E-state index < -0.39 is 0 Å². The van der Waals surface area contributed by atoms with E-state index in [-0.39, 0.29) is 11.7 Å². The van der Waals surface area contributed by atoms with Crippen molar-refractivity contribution in [2.75, 3.05) is 31.1 Å². The van der Waals surface area contributed by atoms with E-state index in [1.807, 2.05) is 47.0 Å². The zero-order valence-electron chi connectivity index (χ0n) is 14.9. The number of fused-ring (bicyclic) bond motifs is 1. The van der Waals surface area contributed by atoms with Crippen molar-refractivity contribution in [2.24, 2.45) is 7.05 Å². The fourth-order valence-electron chi connectivity index (χ4n) is 3.71. The minimum absolute atomic E-state index is 0.0859. The molecule has 4 rings (SSSR count). The molecule has 1 fully saturated rings. The lowest BCUT2D eigenvalue weighted by Gasteiger charge is -2.23. The molecule has 3 aromatic rings. The second-order valence-electron chi connectivity index (χ2n) is 6.78. The van der Waals surface area contributed by atoms with Crippen molar-refractivity contribution in [1.29, 1.82) is 0 Å². The molecule has 1 amide bonds. The highest BCUT2D eigenvalue weighted by atomic mass is 19.1. The van der Waals surface area contributed by atoms with Crippen LogP contribution in [0, 0.1) is 5.82 Å². The number of aromatic nitrogens is 1. The Balaban J connectivity index is 1.53. The van der Waals surface area contributed by atoms with Crippen LogP contribution in [-0.4, -0.2) is 41.6 Å².